The molecule has 0 aliphatic carbocycles. The number of rotatable bonds is 8. The summed E-state index contributed by atoms with van der Waals surface area (Å²) >= 11 is 0. The maximum Gasteiger partial charge on any atom is 0.696 e. The smallest absolute Gasteiger partial charge is 0.328 e. The third-order valence-corrected chi connectivity index (χ3v) is 2.34. The van der Waals surface area contributed by atoms with Crippen LogP contribution in [0, 0.1) is 0 Å². The molecule has 0 amide bonds. The molecule has 0 spiro atoms. The highest BCUT2D eigenvalue weighted by atomic mass is 31.2. The van der Waals surface area contributed by atoms with Crippen LogP contribution < -0.4 is 11.5 Å². The van der Waals surface area contributed by atoms with Crippen molar-refractivity contribution in [2.75, 3.05) is 0 Å². The predicted molar refractivity (Wildman–Crippen MR) is 53.2 cm³/mol. The molecule has 3 atom stereocenters. The molecule has 15 heavy (non-hydrogen) atoms. The molecule has 0 rings (SSSR count). The molecule has 0 aromatic carbocycles. The molecular formula is C5H15N2O6P2+. The zero-order valence-electron chi connectivity index (χ0n) is 7.89. The molecule has 8 nitrogen and oxygen atoms in total. The monoisotopic (exact) mass is 261 g/mol. The van der Waals surface area contributed by atoms with Gasteiger partial charge in [-0.3, -0.25) is 4.52 Å². The molecular weight excluding hydrogens is 246 g/mol. The number of hydrogen-bond acceptors (Lipinski definition) is 7. The van der Waals surface area contributed by atoms with Crippen LogP contribution in [-0.2, 0) is 13.6 Å². The van der Waals surface area contributed by atoms with Crippen molar-refractivity contribution in [3.8, 4) is 0 Å². The standard InChI is InChI=1S/C5H14N2O6P2/c6-4(12-14(8)9)2-1-3-5(7)13-15(10)11/h4-5,8-9H,1-3,6-7H2/p+1. The van der Waals surface area contributed by atoms with Crippen LogP contribution >= 0.6 is 16.9 Å². The van der Waals surface area contributed by atoms with Crippen molar-refractivity contribution in [2.45, 2.75) is 31.7 Å². The van der Waals surface area contributed by atoms with E-state index in [1.54, 1.807) is 0 Å². The fraction of sp³-hybridized carbons (Fsp3) is 1.00. The quantitative estimate of drug-likeness (QED) is 0.293. The Bertz CT molecular complexity index is 194. The first kappa shape index (κ1) is 15.2. The van der Waals surface area contributed by atoms with E-state index in [1.165, 1.54) is 0 Å². The van der Waals surface area contributed by atoms with Crippen molar-refractivity contribution >= 4 is 16.9 Å². The van der Waals surface area contributed by atoms with Crippen molar-refractivity contribution in [3.05, 3.63) is 0 Å². The van der Waals surface area contributed by atoms with E-state index in [2.05, 4.69) is 9.05 Å². The summed E-state index contributed by atoms with van der Waals surface area (Å²) in [5.41, 5.74) is 10.7. The van der Waals surface area contributed by atoms with Crippen molar-refractivity contribution in [3.63, 3.8) is 0 Å². The minimum absolute atomic E-state index is 0.327. The molecule has 90 valence electrons. The molecule has 0 saturated carbocycles. The van der Waals surface area contributed by atoms with Gasteiger partial charge in [-0.1, -0.05) is 0 Å². The maximum absolute atomic E-state index is 10.2. The van der Waals surface area contributed by atoms with E-state index in [0.717, 1.165) is 0 Å². The van der Waals surface area contributed by atoms with Gasteiger partial charge in [0, 0.05) is 4.57 Å². The first-order valence-corrected chi connectivity index (χ1v) is 6.40. The molecule has 0 aliphatic rings. The Morgan fingerprint density at radius 2 is 1.80 bits per heavy atom. The Hall–Kier alpha value is 0.250. The molecule has 0 fully saturated rings. The van der Waals surface area contributed by atoms with Crippen molar-refractivity contribution in [1.82, 2.24) is 0 Å². The normalized spacial score (nSPS) is 16.5. The molecule has 0 bridgehead atoms. The van der Waals surface area contributed by atoms with Crippen LogP contribution in [-0.4, -0.2) is 27.1 Å². The lowest BCUT2D eigenvalue weighted by molar-refractivity contribution is 0.149. The van der Waals surface area contributed by atoms with Gasteiger partial charge >= 0.3 is 16.9 Å². The van der Waals surface area contributed by atoms with Gasteiger partial charge in [0.1, 0.15) is 6.23 Å². The van der Waals surface area contributed by atoms with E-state index in [4.69, 9.17) is 26.1 Å². The summed E-state index contributed by atoms with van der Waals surface area (Å²) in [5.74, 6) is 0. The van der Waals surface area contributed by atoms with Crippen LogP contribution in [0.4, 0.5) is 0 Å². The van der Waals surface area contributed by atoms with E-state index in [1.807, 2.05) is 0 Å². The Labute approximate surface area is 89.1 Å². The third kappa shape index (κ3) is 10.5. The topological polar surface area (TPSA) is 148 Å². The molecule has 0 aromatic heterocycles. The van der Waals surface area contributed by atoms with Gasteiger partial charge < -0.3 is 21.3 Å². The molecule has 10 heteroatoms. The lowest BCUT2D eigenvalue weighted by Gasteiger charge is -2.12. The first-order chi connectivity index (χ1) is 6.91. The van der Waals surface area contributed by atoms with Gasteiger partial charge in [-0.05, 0) is 19.3 Å². The molecule has 0 aliphatic heterocycles. The highest BCUT2D eigenvalue weighted by Gasteiger charge is 2.19. The number of hydrogen-bond donors (Lipinski definition) is 5. The van der Waals surface area contributed by atoms with Crippen LogP contribution in [0.5, 0.6) is 0 Å². The van der Waals surface area contributed by atoms with Gasteiger partial charge in [-0.25, -0.2) is 0 Å². The minimum atomic E-state index is -2.70. The highest BCUT2D eigenvalue weighted by Crippen LogP contribution is 2.27. The minimum Gasteiger partial charge on any atom is -0.328 e. The second-order valence-electron chi connectivity index (χ2n) is 2.71. The highest BCUT2D eigenvalue weighted by molar-refractivity contribution is 7.39. The van der Waals surface area contributed by atoms with Crippen LogP contribution in [0.2, 0.25) is 0 Å². The van der Waals surface area contributed by atoms with E-state index in [9.17, 15) is 4.57 Å². The molecule has 3 unspecified atom stereocenters. The second-order valence-corrected chi connectivity index (χ2v) is 4.11. The van der Waals surface area contributed by atoms with E-state index < -0.39 is 29.3 Å². The SMILES string of the molecule is NC(CCCC(N)O[P+](=O)O)OP(O)O. The Morgan fingerprint density at radius 3 is 2.27 bits per heavy atom. The first-order valence-electron chi connectivity index (χ1n) is 4.10. The van der Waals surface area contributed by atoms with Crippen molar-refractivity contribution < 1.29 is 28.3 Å². The third-order valence-electron chi connectivity index (χ3n) is 1.43. The summed E-state index contributed by atoms with van der Waals surface area (Å²) in [5, 5.41) is 0. The van der Waals surface area contributed by atoms with E-state index in [-0.39, 0.29) is 0 Å². The van der Waals surface area contributed by atoms with Crippen molar-refractivity contribution in [2.24, 2.45) is 11.5 Å². The van der Waals surface area contributed by atoms with E-state index >= 15 is 0 Å². The molecule has 0 heterocycles. The average Bonchev–Trinajstić information content (AvgIpc) is 2.00. The zero-order chi connectivity index (χ0) is 11.8. The Balaban J connectivity index is 3.48. The lowest BCUT2D eigenvalue weighted by Crippen LogP contribution is -2.24. The van der Waals surface area contributed by atoms with Gasteiger partial charge in [0.25, 0.3) is 0 Å². The molecule has 7 N–H and O–H groups in total. The number of nitrogens with two attached hydrogens (primary N) is 2. The van der Waals surface area contributed by atoms with Gasteiger partial charge in [-0.15, -0.1) is 9.42 Å². The second kappa shape index (κ2) is 8.41. The van der Waals surface area contributed by atoms with Crippen molar-refractivity contribution in [1.29, 1.82) is 0 Å². The maximum atomic E-state index is 10.2. The van der Waals surface area contributed by atoms with Gasteiger partial charge in [0.2, 0.25) is 0 Å². The summed E-state index contributed by atoms with van der Waals surface area (Å²) < 4.78 is 19.0. The molecule has 0 saturated heterocycles. The summed E-state index contributed by atoms with van der Waals surface area (Å²) in [7, 11) is -5.16. The van der Waals surface area contributed by atoms with Crippen LogP contribution in [0.3, 0.4) is 0 Å². The predicted octanol–water partition coefficient (Wildman–Crippen LogP) is -0.379. The van der Waals surface area contributed by atoms with E-state index in [0.29, 0.717) is 19.3 Å². The fourth-order valence-electron chi connectivity index (χ4n) is 0.863. The molecule has 0 aromatic rings. The fourth-order valence-corrected chi connectivity index (χ4v) is 1.55. The Morgan fingerprint density at radius 1 is 1.27 bits per heavy atom. The zero-order valence-corrected chi connectivity index (χ0v) is 9.68. The van der Waals surface area contributed by atoms with Crippen LogP contribution in [0.1, 0.15) is 19.3 Å². The van der Waals surface area contributed by atoms with Gasteiger partial charge in [0.15, 0.2) is 6.23 Å². The van der Waals surface area contributed by atoms with Gasteiger partial charge in [0.05, 0.1) is 0 Å². The summed E-state index contributed by atoms with van der Waals surface area (Å²) in [6, 6.07) is 0. The Kier molecular flexibility index (Phi) is 8.55. The lowest BCUT2D eigenvalue weighted by atomic mass is 10.2. The van der Waals surface area contributed by atoms with Gasteiger partial charge in [-0.2, -0.15) is 0 Å². The summed E-state index contributed by atoms with van der Waals surface area (Å²) in [6.07, 6.45) is -0.474. The molecule has 0 radical (unpaired) electrons. The summed E-state index contributed by atoms with van der Waals surface area (Å²) in [4.78, 5) is 25.2. The van der Waals surface area contributed by atoms with Crippen LogP contribution in [0.25, 0.3) is 0 Å². The van der Waals surface area contributed by atoms with Crippen LogP contribution in [0.15, 0.2) is 0 Å². The summed E-state index contributed by atoms with van der Waals surface area (Å²) in [6.45, 7) is 0. The largest absolute Gasteiger partial charge is 0.696 e. The average molecular weight is 261 g/mol.